The summed E-state index contributed by atoms with van der Waals surface area (Å²) in [5.74, 6) is 3.09. The van der Waals surface area contributed by atoms with Crippen LogP contribution in [-0.4, -0.2) is 49.6 Å². The highest BCUT2D eigenvalue weighted by Gasteiger charge is 2.19. The number of hydrogen-bond donors (Lipinski definition) is 2. The molecule has 0 saturated carbocycles. The van der Waals surface area contributed by atoms with Crippen LogP contribution in [0.3, 0.4) is 0 Å². The van der Waals surface area contributed by atoms with Crippen LogP contribution in [0.25, 0.3) is 0 Å². The number of aromatic nitrogens is 1. The molecule has 2 rings (SSSR count). The largest absolute Gasteiger partial charge is 0.497 e. The van der Waals surface area contributed by atoms with Crippen LogP contribution in [0.15, 0.2) is 33.7 Å². The smallest absolute Gasteiger partial charge is 0.214 e. The van der Waals surface area contributed by atoms with E-state index in [1.54, 1.807) is 14.2 Å². The quantitative estimate of drug-likeness (QED) is 0.509. The number of rotatable bonds is 9. The molecule has 2 aromatic rings. The number of benzene rings is 1. The molecule has 1 aromatic heterocycles. The Hall–Kier alpha value is -2.54. The Morgan fingerprint density at radius 1 is 1.25 bits per heavy atom. The molecule has 1 unspecified atom stereocenters. The van der Waals surface area contributed by atoms with E-state index in [0.29, 0.717) is 18.4 Å². The maximum Gasteiger partial charge on any atom is 0.214 e. The van der Waals surface area contributed by atoms with Crippen LogP contribution >= 0.6 is 0 Å². The average molecular weight is 388 g/mol. The van der Waals surface area contributed by atoms with E-state index in [9.17, 15) is 0 Å². The zero-order chi connectivity index (χ0) is 20.5. The van der Waals surface area contributed by atoms with Crippen LogP contribution in [0.5, 0.6) is 5.75 Å². The van der Waals surface area contributed by atoms with Crippen molar-refractivity contribution in [1.29, 1.82) is 0 Å². The fourth-order valence-corrected chi connectivity index (χ4v) is 3.16. The summed E-state index contributed by atoms with van der Waals surface area (Å²) in [7, 11) is 3.46. The molecule has 154 valence electrons. The second kappa shape index (κ2) is 10.7. The molecule has 0 radical (unpaired) electrons. The maximum absolute atomic E-state index is 5.62. The highest BCUT2D eigenvalue weighted by Crippen LogP contribution is 2.23. The van der Waals surface area contributed by atoms with E-state index in [4.69, 9.17) is 9.15 Å². The fraction of sp³-hybridized carbons (Fsp3) is 0.524. The highest BCUT2D eigenvalue weighted by molar-refractivity contribution is 5.79. The van der Waals surface area contributed by atoms with Crippen LogP contribution in [0.2, 0.25) is 0 Å². The normalized spacial score (nSPS) is 12.9. The first-order chi connectivity index (χ1) is 13.5. The van der Waals surface area contributed by atoms with Gasteiger partial charge in [0.2, 0.25) is 5.89 Å². The van der Waals surface area contributed by atoms with Crippen molar-refractivity contribution in [2.75, 3.05) is 33.8 Å². The average Bonchev–Trinajstić information content (AvgIpc) is 3.04. The van der Waals surface area contributed by atoms with Gasteiger partial charge in [0.15, 0.2) is 5.96 Å². The molecule has 0 aliphatic heterocycles. The summed E-state index contributed by atoms with van der Waals surface area (Å²) in [6.45, 7) is 11.3. The molecule has 7 nitrogen and oxygen atoms in total. The number of nitrogens with zero attached hydrogens (tertiary/aromatic N) is 3. The SMILES string of the molecule is CCN(CC)C(CNC(=NC)NCc1nc(C)c(C)o1)c1cccc(OC)c1. The molecule has 1 aromatic carbocycles. The molecule has 1 heterocycles. The molecular weight excluding hydrogens is 354 g/mol. The Kier molecular flexibility index (Phi) is 8.32. The lowest BCUT2D eigenvalue weighted by Crippen LogP contribution is -2.43. The van der Waals surface area contributed by atoms with Gasteiger partial charge in [-0.15, -0.1) is 0 Å². The summed E-state index contributed by atoms with van der Waals surface area (Å²) in [4.78, 5) is 11.1. The summed E-state index contributed by atoms with van der Waals surface area (Å²) in [5.41, 5.74) is 2.13. The van der Waals surface area contributed by atoms with E-state index < -0.39 is 0 Å². The first-order valence-electron chi connectivity index (χ1n) is 9.77. The van der Waals surface area contributed by atoms with E-state index in [-0.39, 0.29) is 6.04 Å². The Morgan fingerprint density at radius 3 is 2.57 bits per heavy atom. The Labute approximate surface area is 168 Å². The van der Waals surface area contributed by atoms with Crippen LogP contribution in [0.4, 0.5) is 0 Å². The molecule has 0 saturated heterocycles. The lowest BCUT2D eigenvalue weighted by Gasteiger charge is -2.31. The van der Waals surface area contributed by atoms with Gasteiger partial charge in [-0.3, -0.25) is 9.89 Å². The third-order valence-electron chi connectivity index (χ3n) is 4.90. The molecule has 0 fully saturated rings. The minimum atomic E-state index is 0.204. The van der Waals surface area contributed by atoms with Crippen molar-refractivity contribution in [2.24, 2.45) is 4.99 Å². The van der Waals surface area contributed by atoms with Crippen molar-refractivity contribution in [3.8, 4) is 5.75 Å². The van der Waals surface area contributed by atoms with Gasteiger partial charge >= 0.3 is 0 Å². The Bertz CT molecular complexity index is 748. The van der Waals surface area contributed by atoms with Gasteiger partial charge in [-0.25, -0.2) is 4.98 Å². The van der Waals surface area contributed by atoms with Gasteiger partial charge < -0.3 is 19.8 Å². The Morgan fingerprint density at radius 2 is 2.00 bits per heavy atom. The topological polar surface area (TPSA) is 74.9 Å². The molecule has 0 spiro atoms. The summed E-state index contributed by atoms with van der Waals surface area (Å²) in [6, 6.07) is 8.44. The number of ether oxygens (including phenoxy) is 1. The molecule has 0 bridgehead atoms. The number of methoxy groups -OCH3 is 1. The Balaban J connectivity index is 2.05. The number of likely N-dealkylation sites (N-methyl/N-ethyl adjacent to an activating group) is 1. The zero-order valence-electron chi connectivity index (χ0n) is 17.9. The van der Waals surface area contributed by atoms with Gasteiger partial charge in [-0.2, -0.15) is 0 Å². The number of aliphatic imine (C=N–C) groups is 1. The van der Waals surface area contributed by atoms with Gasteiger partial charge in [0.05, 0.1) is 25.4 Å². The predicted molar refractivity (Wildman–Crippen MR) is 113 cm³/mol. The van der Waals surface area contributed by atoms with Gasteiger partial charge in [0.25, 0.3) is 0 Å². The number of hydrogen-bond acceptors (Lipinski definition) is 5. The van der Waals surface area contributed by atoms with E-state index in [0.717, 1.165) is 36.8 Å². The van der Waals surface area contributed by atoms with Crippen molar-refractivity contribution in [2.45, 2.75) is 40.3 Å². The second-order valence-electron chi connectivity index (χ2n) is 6.57. The minimum absolute atomic E-state index is 0.204. The van der Waals surface area contributed by atoms with Gasteiger partial charge in [0.1, 0.15) is 11.5 Å². The number of aryl methyl sites for hydroxylation is 2. The molecule has 28 heavy (non-hydrogen) atoms. The molecule has 0 amide bonds. The third-order valence-corrected chi connectivity index (χ3v) is 4.90. The highest BCUT2D eigenvalue weighted by atomic mass is 16.5. The van der Waals surface area contributed by atoms with Crippen molar-refractivity contribution < 1.29 is 9.15 Å². The standard InChI is InChI=1S/C21H33N5O2/c1-7-26(8-2)19(17-10-9-11-18(12-17)27-6)13-23-21(22-5)24-14-20-25-15(3)16(4)28-20/h9-12,19H,7-8,13-14H2,1-6H3,(H2,22,23,24). The molecule has 7 heteroatoms. The summed E-state index contributed by atoms with van der Waals surface area (Å²) < 4.78 is 11.0. The number of guanidine groups is 1. The lowest BCUT2D eigenvalue weighted by molar-refractivity contribution is 0.218. The molecular formula is C21H33N5O2. The summed E-state index contributed by atoms with van der Waals surface area (Å²) in [6.07, 6.45) is 0. The number of nitrogens with one attached hydrogen (secondary N) is 2. The fourth-order valence-electron chi connectivity index (χ4n) is 3.16. The summed E-state index contributed by atoms with van der Waals surface area (Å²) >= 11 is 0. The van der Waals surface area contributed by atoms with E-state index in [1.807, 2.05) is 26.0 Å². The molecule has 0 aliphatic carbocycles. The van der Waals surface area contributed by atoms with Crippen molar-refractivity contribution >= 4 is 5.96 Å². The zero-order valence-corrected chi connectivity index (χ0v) is 17.9. The predicted octanol–water partition coefficient (Wildman–Crippen LogP) is 3.05. The van der Waals surface area contributed by atoms with Crippen LogP contribution in [0.1, 0.15) is 42.8 Å². The van der Waals surface area contributed by atoms with Crippen LogP contribution in [0, 0.1) is 13.8 Å². The molecule has 1 atom stereocenters. The second-order valence-corrected chi connectivity index (χ2v) is 6.57. The molecule has 0 aliphatic rings. The maximum atomic E-state index is 5.62. The lowest BCUT2D eigenvalue weighted by atomic mass is 10.0. The van der Waals surface area contributed by atoms with Gasteiger partial charge in [0, 0.05) is 13.6 Å². The van der Waals surface area contributed by atoms with Crippen molar-refractivity contribution in [1.82, 2.24) is 20.5 Å². The van der Waals surface area contributed by atoms with Crippen molar-refractivity contribution in [3.63, 3.8) is 0 Å². The molecule has 2 N–H and O–H groups in total. The first kappa shape index (κ1) is 21.8. The van der Waals surface area contributed by atoms with E-state index in [2.05, 4.69) is 51.5 Å². The van der Waals surface area contributed by atoms with Crippen LogP contribution in [-0.2, 0) is 6.54 Å². The van der Waals surface area contributed by atoms with E-state index >= 15 is 0 Å². The monoisotopic (exact) mass is 387 g/mol. The third kappa shape index (κ3) is 5.73. The van der Waals surface area contributed by atoms with Crippen molar-refractivity contribution in [3.05, 3.63) is 47.2 Å². The van der Waals surface area contributed by atoms with Gasteiger partial charge in [-0.1, -0.05) is 26.0 Å². The van der Waals surface area contributed by atoms with E-state index in [1.165, 1.54) is 5.56 Å². The van der Waals surface area contributed by atoms with Crippen LogP contribution < -0.4 is 15.4 Å². The minimum Gasteiger partial charge on any atom is -0.497 e. The summed E-state index contributed by atoms with van der Waals surface area (Å²) in [5, 5.41) is 6.70. The first-order valence-corrected chi connectivity index (χ1v) is 9.77. The van der Waals surface area contributed by atoms with Gasteiger partial charge in [-0.05, 0) is 44.6 Å². The number of oxazole rings is 1.